The molecule has 0 aliphatic heterocycles. The number of nitrogens with one attached hydrogen (secondary N) is 1. The van der Waals surface area contributed by atoms with Gasteiger partial charge in [0.1, 0.15) is 18.5 Å². The van der Waals surface area contributed by atoms with Crippen LogP contribution in [0.4, 0.5) is 5.69 Å². The number of hydrogen-bond donors (Lipinski definition) is 2. The number of para-hydroxylation sites is 2. The lowest BCUT2D eigenvalue weighted by Crippen LogP contribution is -2.28. The Morgan fingerprint density at radius 3 is 2.50 bits per heavy atom. The van der Waals surface area contributed by atoms with Gasteiger partial charge in [0, 0.05) is 11.9 Å². The van der Waals surface area contributed by atoms with Gasteiger partial charge in [-0.1, -0.05) is 35.9 Å². The molecule has 8 heteroatoms. The molecule has 2 aromatic carbocycles. The van der Waals surface area contributed by atoms with Gasteiger partial charge >= 0.3 is 0 Å². The van der Waals surface area contributed by atoms with Crippen LogP contribution in [0.1, 0.15) is 12.5 Å². The lowest BCUT2D eigenvalue weighted by Gasteiger charge is -2.15. The highest BCUT2D eigenvalue weighted by molar-refractivity contribution is 7.90. The standard InChI is InChI=1S/C18H20ClNO5S/c1-13(21)20-17-4-2-3-5-18(17)25-10-16(22)12-26(23,24)11-14-6-8-15(19)9-7-14/h2-9,16,22H,10-12H2,1H3,(H,20,21)/t16-/m0/s1. The van der Waals surface area contributed by atoms with Crippen molar-refractivity contribution >= 4 is 33.0 Å². The minimum Gasteiger partial charge on any atom is -0.489 e. The molecule has 0 aliphatic rings. The fourth-order valence-corrected chi connectivity index (χ4v) is 3.93. The fourth-order valence-electron chi connectivity index (χ4n) is 2.31. The maximum Gasteiger partial charge on any atom is 0.221 e. The highest BCUT2D eigenvalue weighted by Gasteiger charge is 2.19. The van der Waals surface area contributed by atoms with Crippen molar-refractivity contribution in [1.82, 2.24) is 0 Å². The lowest BCUT2D eigenvalue weighted by molar-refractivity contribution is -0.114. The predicted molar refractivity (Wildman–Crippen MR) is 101 cm³/mol. The van der Waals surface area contributed by atoms with E-state index in [1.807, 2.05) is 0 Å². The zero-order valence-corrected chi connectivity index (χ0v) is 15.8. The van der Waals surface area contributed by atoms with Crippen LogP contribution in [0.3, 0.4) is 0 Å². The molecule has 0 saturated carbocycles. The Labute approximate surface area is 157 Å². The van der Waals surface area contributed by atoms with Gasteiger partial charge in [-0.2, -0.15) is 0 Å². The van der Waals surface area contributed by atoms with Gasteiger partial charge in [0.05, 0.1) is 17.2 Å². The van der Waals surface area contributed by atoms with Gasteiger partial charge in [0.25, 0.3) is 0 Å². The summed E-state index contributed by atoms with van der Waals surface area (Å²) >= 11 is 5.78. The summed E-state index contributed by atoms with van der Waals surface area (Å²) in [5.41, 5.74) is 1.05. The minimum atomic E-state index is -3.52. The number of amides is 1. The average Bonchev–Trinajstić information content (AvgIpc) is 2.55. The maximum atomic E-state index is 12.2. The molecule has 2 rings (SSSR count). The first-order valence-corrected chi connectivity index (χ1v) is 10.1. The van der Waals surface area contributed by atoms with Crippen LogP contribution in [-0.4, -0.2) is 37.9 Å². The van der Waals surface area contributed by atoms with Crippen molar-refractivity contribution in [3.05, 3.63) is 59.1 Å². The van der Waals surface area contributed by atoms with Crippen LogP contribution in [0.25, 0.3) is 0 Å². The van der Waals surface area contributed by atoms with Crippen LogP contribution in [0.5, 0.6) is 5.75 Å². The van der Waals surface area contributed by atoms with E-state index in [1.54, 1.807) is 48.5 Å². The molecule has 2 N–H and O–H groups in total. The van der Waals surface area contributed by atoms with E-state index >= 15 is 0 Å². The lowest BCUT2D eigenvalue weighted by atomic mass is 10.2. The summed E-state index contributed by atoms with van der Waals surface area (Å²) in [5, 5.41) is 13.2. The molecule has 140 valence electrons. The Morgan fingerprint density at radius 2 is 1.85 bits per heavy atom. The van der Waals surface area contributed by atoms with Crippen LogP contribution in [-0.2, 0) is 20.4 Å². The van der Waals surface area contributed by atoms with Crippen LogP contribution >= 0.6 is 11.6 Å². The summed E-state index contributed by atoms with van der Waals surface area (Å²) < 4.78 is 29.9. The van der Waals surface area contributed by atoms with Crippen molar-refractivity contribution in [3.63, 3.8) is 0 Å². The van der Waals surface area contributed by atoms with Crippen LogP contribution in [0.2, 0.25) is 5.02 Å². The Bertz CT molecular complexity index is 852. The van der Waals surface area contributed by atoms with E-state index in [4.69, 9.17) is 16.3 Å². The van der Waals surface area contributed by atoms with E-state index in [2.05, 4.69) is 5.32 Å². The van der Waals surface area contributed by atoms with Gasteiger partial charge in [-0.25, -0.2) is 8.42 Å². The molecule has 2 aromatic rings. The molecule has 0 radical (unpaired) electrons. The molecule has 0 spiro atoms. The maximum absolute atomic E-state index is 12.2. The number of carbonyl (C=O) groups is 1. The van der Waals surface area contributed by atoms with Crippen LogP contribution in [0, 0.1) is 0 Å². The van der Waals surface area contributed by atoms with Crippen LogP contribution in [0.15, 0.2) is 48.5 Å². The number of aliphatic hydroxyl groups excluding tert-OH is 1. The molecule has 6 nitrogen and oxygen atoms in total. The van der Waals surface area contributed by atoms with Crippen molar-refractivity contribution < 1.29 is 23.1 Å². The third-order valence-electron chi connectivity index (χ3n) is 3.38. The summed E-state index contributed by atoms with van der Waals surface area (Å²) in [6.07, 6.45) is -1.20. The number of benzene rings is 2. The summed E-state index contributed by atoms with van der Waals surface area (Å²) in [4.78, 5) is 11.2. The van der Waals surface area contributed by atoms with Crippen molar-refractivity contribution in [3.8, 4) is 5.75 Å². The molecule has 0 saturated heterocycles. The van der Waals surface area contributed by atoms with E-state index in [-0.39, 0.29) is 18.3 Å². The summed E-state index contributed by atoms with van der Waals surface area (Å²) in [7, 11) is -3.52. The van der Waals surface area contributed by atoms with Crippen LogP contribution < -0.4 is 10.1 Å². The zero-order chi connectivity index (χ0) is 19.2. The van der Waals surface area contributed by atoms with E-state index in [9.17, 15) is 18.3 Å². The van der Waals surface area contributed by atoms with Gasteiger partial charge in [-0.3, -0.25) is 4.79 Å². The molecule has 26 heavy (non-hydrogen) atoms. The highest BCUT2D eigenvalue weighted by Crippen LogP contribution is 2.24. The first kappa shape index (κ1) is 20.2. The first-order chi connectivity index (χ1) is 12.2. The summed E-state index contributed by atoms with van der Waals surface area (Å²) in [5.74, 6) is -0.522. The quantitative estimate of drug-likeness (QED) is 0.714. The molecule has 0 heterocycles. The first-order valence-electron chi connectivity index (χ1n) is 7.87. The summed E-state index contributed by atoms with van der Waals surface area (Å²) in [6, 6.07) is 13.2. The second-order valence-electron chi connectivity index (χ2n) is 5.82. The average molecular weight is 398 g/mol. The van der Waals surface area contributed by atoms with Crippen molar-refractivity contribution in [1.29, 1.82) is 0 Å². The fraction of sp³-hybridized carbons (Fsp3) is 0.278. The molecule has 0 bridgehead atoms. The van der Waals surface area contributed by atoms with E-state index in [0.29, 0.717) is 22.0 Å². The topological polar surface area (TPSA) is 92.7 Å². The molecule has 0 unspecified atom stereocenters. The number of ether oxygens (including phenoxy) is 1. The molecule has 1 amide bonds. The van der Waals surface area contributed by atoms with Crippen molar-refractivity contribution in [2.45, 2.75) is 18.8 Å². The van der Waals surface area contributed by atoms with Crippen molar-refractivity contribution in [2.75, 3.05) is 17.7 Å². The van der Waals surface area contributed by atoms with E-state index in [0.717, 1.165) is 0 Å². The van der Waals surface area contributed by atoms with Crippen molar-refractivity contribution in [2.24, 2.45) is 0 Å². The number of carbonyl (C=O) groups excluding carboxylic acids is 1. The molecule has 0 aliphatic carbocycles. The predicted octanol–water partition coefficient (Wildman–Crippen LogP) is 2.65. The van der Waals surface area contributed by atoms with Gasteiger partial charge in [-0.05, 0) is 29.8 Å². The Kier molecular flexibility index (Phi) is 7.02. The number of halogens is 1. The number of aliphatic hydroxyl groups is 1. The zero-order valence-electron chi connectivity index (χ0n) is 14.2. The van der Waals surface area contributed by atoms with Gasteiger partial charge < -0.3 is 15.2 Å². The van der Waals surface area contributed by atoms with Gasteiger partial charge in [-0.15, -0.1) is 0 Å². The molecule has 1 atom stereocenters. The SMILES string of the molecule is CC(=O)Nc1ccccc1OC[C@H](O)CS(=O)(=O)Cc1ccc(Cl)cc1. The number of sulfone groups is 1. The highest BCUT2D eigenvalue weighted by atomic mass is 35.5. The summed E-state index contributed by atoms with van der Waals surface area (Å²) in [6.45, 7) is 1.16. The third kappa shape index (κ3) is 6.67. The molecule has 0 aromatic heterocycles. The molecule has 0 fully saturated rings. The molecular formula is C18H20ClNO5S. The van der Waals surface area contributed by atoms with Gasteiger partial charge in [0.15, 0.2) is 9.84 Å². The monoisotopic (exact) mass is 397 g/mol. The molecular weight excluding hydrogens is 378 g/mol. The second-order valence-corrected chi connectivity index (χ2v) is 8.37. The second kappa shape index (κ2) is 9.02. The smallest absolute Gasteiger partial charge is 0.221 e. The Morgan fingerprint density at radius 1 is 1.19 bits per heavy atom. The number of rotatable bonds is 8. The third-order valence-corrected chi connectivity index (χ3v) is 5.29. The van der Waals surface area contributed by atoms with Gasteiger partial charge in [0.2, 0.25) is 5.91 Å². The Hall–Kier alpha value is -2.09. The normalized spacial score (nSPS) is 12.4. The Balaban J connectivity index is 1.93. The largest absolute Gasteiger partial charge is 0.489 e. The van der Waals surface area contributed by atoms with E-state index < -0.39 is 21.7 Å². The minimum absolute atomic E-state index is 0.191. The number of hydrogen-bond acceptors (Lipinski definition) is 5. The number of anilines is 1. The van der Waals surface area contributed by atoms with E-state index in [1.165, 1.54) is 6.92 Å².